The predicted octanol–water partition coefficient (Wildman–Crippen LogP) is 4.22. The van der Waals surface area contributed by atoms with Crippen LogP contribution in [0.4, 0.5) is 0 Å². The molecule has 0 radical (unpaired) electrons. The maximum atomic E-state index is 12.8. The number of Topliss-reactive ketones (excluding diaryl/α,β-unsaturated/α-hetero) is 1. The molecule has 0 bridgehead atoms. The van der Waals surface area contributed by atoms with Gasteiger partial charge in [0, 0.05) is 29.6 Å². The number of piperidine rings is 1. The van der Waals surface area contributed by atoms with Crippen molar-refractivity contribution in [3.8, 4) is 0 Å². The van der Waals surface area contributed by atoms with Crippen molar-refractivity contribution in [2.24, 2.45) is 5.92 Å². The summed E-state index contributed by atoms with van der Waals surface area (Å²) >= 11 is 6.01. The van der Waals surface area contributed by atoms with Gasteiger partial charge < -0.3 is 4.74 Å². The monoisotopic (exact) mass is 371 g/mol. The second kappa shape index (κ2) is 8.47. The molecule has 2 aromatic carbocycles. The lowest BCUT2D eigenvalue weighted by molar-refractivity contribution is 0.0600. The molecule has 5 heteroatoms. The number of methoxy groups -OCH3 is 1. The molecule has 1 atom stereocenters. The fourth-order valence-corrected chi connectivity index (χ4v) is 3.60. The van der Waals surface area contributed by atoms with Crippen LogP contribution in [0.3, 0.4) is 0 Å². The van der Waals surface area contributed by atoms with Crippen molar-refractivity contribution in [1.29, 1.82) is 0 Å². The molecule has 26 heavy (non-hydrogen) atoms. The van der Waals surface area contributed by atoms with E-state index in [1.54, 1.807) is 24.3 Å². The van der Waals surface area contributed by atoms with Gasteiger partial charge in [-0.15, -0.1) is 0 Å². The van der Waals surface area contributed by atoms with E-state index in [1.807, 2.05) is 24.3 Å². The number of halogens is 1. The summed E-state index contributed by atoms with van der Waals surface area (Å²) in [6, 6.07) is 14.6. The summed E-state index contributed by atoms with van der Waals surface area (Å²) in [7, 11) is 1.38. The van der Waals surface area contributed by atoms with Gasteiger partial charge in [0.25, 0.3) is 0 Å². The number of rotatable bonds is 5. The van der Waals surface area contributed by atoms with Gasteiger partial charge in [-0.1, -0.05) is 35.9 Å². The molecule has 3 rings (SSSR count). The van der Waals surface area contributed by atoms with Gasteiger partial charge in [-0.2, -0.15) is 0 Å². The van der Waals surface area contributed by atoms with Crippen molar-refractivity contribution < 1.29 is 14.3 Å². The zero-order valence-electron chi connectivity index (χ0n) is 14.8. The van der Waals surface area contributed by atoms with Gasteiger partial charge in [-0.3, -0.25) is 9.69 Å². The zero-order valence-corrected chi connectivity index (χ0v) is 15.5. The average molecular weight is 372 g/mol. The predicted molar refractivity (Wildman–Crippen MR) is 102 cm³/mol. The number of benzene rings is 2. The Hall–Kier alpha value is -2.17. The van der Waals surface area contributed by atoms with Gasteiger partial charge in [0.15, 0.2) is 5.78 Å². The molecule has 4 nitrogen and oxygen atoms in total. The SMILES string of the molecule is COC(=O)c1ccc(CN2CCC[C@H](C(=O)c3cccc(Cl)c3)C2)cc1. The van der Waals surface area contributed by atoms with E-state index in [0.29, 0.717) is 16.1 Å². The van der Waals surface area contributed by atoms with Crippen molar-refractivity contribution in [2.45, 2.75) is 19.4 Å². The number of likely N-dealkylation sites (tertiary alicyclic amines) is 1. The number of nitrogens with zero attached hydrogens (tertiary/aromatic N) is 1. The molecular formula is C21H22ClNO3. The standard InChI is InChI=1S/C21H22ClNO3/c1-26-21(25)16-9-7-15(8-10-16)13-23-11-3-5-18(14-23)20(24)17-4-2-6-19(22)12-17/h2,4,6-10,12,18H,3,5,11,13-14H2,1H3/t18-/m0/s1. The molecule has 136 valence electrons. The minimum Gasteiger partial charge on any atom is -0.465 e. The number of hydrogen-bond acceptors (Lipinski definition) is 4. The molecule has 0 amide bonds. The highest BCUT2D eigenvalue weighted by Gasteiger charge is 2.26. The van der Waals surface area contributed by atoms with Crippen LogP contribution in [0.15, 0.2) is 48.5 Å². The number of ketones is 1. The van der Waals surface area contributed by atoms with Gasteiger partial charge >= 0.3 is 5.97 Å². The lowest BCUT2D eigenvalue weighted by atomic mass is 9.90. The Morgan fingerprint density at radius 3 is 2.62 bits per heavy atom. The topological polar surface area (TPSA) is 46.6 Å². The third-order valence-electron chi connectivity index (χ3n) is 4.77. The molecular weight excluding hydrogens is 350 g/mol. The Bertz CT molecular complexity index is 788. The molecule has 0 aliphatic carbocycles. The van der Waals surface area contributed by atoms with Crippen molar-refractivity contribution in [1.82, 2.24) is 4.90 Å². The van der Waals surface area contributed by atoms with Gasteiger partial charge in [0.1, 0.15) is 0 Å². The van der Waals surface area contributed by atoms with Crippen LogP contribution in [0, 0.1) is 5.92 Å². The van der Waals surface area contributed by atoms with Gasteiger partial charge in [-0.25, -0.2) is 4.79 Å². The summed E-state index contributed by atoms with van der Waals surface area (Å²) in [4.78, 5) is 26.6. The van der Waals surface area contributed by atoms with E-state index in [-0.39, 0.29) is 17.7 Å². The van der Waals surface area contributed by atoms with E-state index >= 15 is 0 Å². The number of ether oxygens (including phenoxy) is 1. The Kier molecular flexibility index (Phi) is 6.07. The first-order chi connectivity index (χ1) is 12.6. The van der Waals surface area contributed by atoms with Crippen molar-refractivity contribution in [3.63, 3.8) is 0 Å². The van der Waals surface area contributed by atoms with E-state index in [1.165, 1.54) is 7.11 Å². The zero-order chi connectivity index (χ0) is 18.5. The summed E-state index contributed by atoms with van der Waals surface area (Å²) in [6.07, 6.45) is 1.90. The molecule has 1 heterocycles. The van der Waals surface area contributed by atoms with Crippen LogP contribution in [0.25, 0.3) is 0 Å². The molecule has 0 saturated carbocycles. The van der Waals surface area contributed by atoms with Gasteiger partial charge in [-0.05, 0) is 49.2 Å². The number of carbonyl (C=O) groups excluding carboxylic acids is 2. The summed E-state index contributed by atoms with van der Waals surface area (Å²) in [6.45, 7) is 2.48. The van der Waals surface area contributed by atoms with E-state index in [2.05, 4.69) is 4.90 Å². The van der Waals surface area contributed by atoms with E-state index in [9.17, 15) is 9.59 Å². The molecule has 0 unspecified atom stereocenters. The summed E-state index contributed by atoms with van der Waals surface area (Å²) in [5, 5.41) is 0.592. The van der Waals surface area contributed by atoms with Crippen molar-refractivity contribution >= 4 is 23.4 Å². The molecule has 1 fully saturated rings. The summed E-state index contributed by atoms with van der Waals surface area (Å²) in [5.74, 6) is -0.170. The van der Waals surface area contributed by atoms with Crippen LogP contribution in [-0.2, 0) is 11.3 Å². The normalized spacial score (nSPS) is 17.7. The summed E-state index contributed by atoms with van der Waals surface area (Å²) in [5.41, 5.74) is 2.35. The maximum Gasteiger partial charge on any atom is 0.337 e. The largest absolute Gasteiger partial charge is 0.465 e. The van der Waals surface area contributed by atoms with Crippen LogP contribution in [0.2, 0.25) is 5.02 Å². The van der Waals surface area contributed by atoms with Crippen LogP contribution in [0.5, 0.6) is 0 Å². The fraction of sp³-hybridized carbons (Fsp3) is 0.333. The van der Waals surface area contributed by atoms with Gasteiger partial charge in [0.05, 0.1) is 12.7 Å². The smallest absolute Gasteiger partial charge is 0.337 e. The first-order valence-corrected chi connectivity index (χ1v) is 9.14. The van der Waals surface area contributed by atoms with Crippen LogP contribution in [-0.4, -0.2) is 36.9 Å². The molecule has 2 aromatic rings. The van der Waals surface area contributed by atoms with Crippen molar-refractivity contribution in [2.75, 3.05) is 20.2 Å². The average Bonchev–Trinajstić information content (AvgIpc) is 2.67. The highest BCUT2D eigenvalue weighted by atomic mass is 35.5. The van der Waals surface area contributed by atoms with Crippen LogP contribution < -0.4 is 0 Å². The fourth-order valence-electron chi connectivity index (χ4n) is 3.41. The lowest BCUT2D eigenvalue weighted by Gasteiger charge is -2.32. The maximum absolute atomic E-state index is 12.8. The highest BCUT2D eigenvalue weighted by molar-refractivity contribution is 6.31. The molecule has 0 aromatic heterocycles. The molecule has 1 saturated heterocycles. The Morgan fingerprint density at radius 2 is 1.92 bits per heavy atom. The van der Waals surface area contributed by atoms with E-state index in [0.717, 1.165) is 38.0 Å². The quantitative estimate of drug-likeness (QED) is 0.583. The van der Waals surface area contributed by atoms with Crippen LogP contribution >= 0.6 is 11.6 Å². The number of carbonyl (C=O) groups is 2. The molecule has 0 spiro atoms. The second-order valence-electron chi connectivity index (χ2n) is 6.64. The van der Waals surface area contributed by atoms with Crippen molar-refractivity contribution in [3.05, 3.63) is 70.2 Å². The molecule has 1 aliphatic rings. The Morgan fingerprint density at radius 1 is 1.15 bits per heavy atom. The summed E-state index contributed by atoms with van der Waals surface area (Å²) < 4.78 is 4.72. The first kappa shape index (κ1) is 18.6. The third kappa shape index (κ3) is 4.51. The Balaban J connectivity index is 1.63. The van der Waals surface area contributed by atoms with Crippen LogP contribution in [0.1, 0.15) is 39.1 Å². The van der Waals surface area contributed by atoms with Gasteiger partial charge in [0.2, 0.25) is 0 Å². The number of hydrogen-bond donors (Lipinski definition) is 0. The van der Waals surface area contributed by atoms with E-state index < -0.39 is 0 Å². The minimum atomic E-state index is -0.332. The third-order valence-corrected chi connectivity index (χ3v) is 5.00. The second-order valence-corrected chi connectivity index (χ2v) is 7.07. The molecule has 0 N–H and O–H groups in total. The first-order valence-electron chi connectivity index (χ1n) is 8.76. The van der Waals surface area contributed by atoms with E-state index in [4.69, 9.17) is 16.3 Å². The minimum absolute atomic E-state index is 0.00319. The highest BCUT2D eigenvalue weighted by Crippen LogP contribution is 2.23. The molecule has 1 aliphatic heterocycles. The lowest BCUT2D eigenvalue weighted by Crippen LogP contribution is -2.38. The Labute approximate surface area is 158 Å². The number of esters is 1.